The lowest BCUT2D eigenvalue weighted by molar-refractivity contribution is -0.136. The molecule has 1 aliphatic rings. The van der Waals surface area contributed by atoms with Crippen molar-refractivity contribution < 1.29 is 19.4 Å². The summed E-state index contributed by atoms with van der Waals surface area (Å²) in [5.41, 5.74) is 1.85. The number of hydrogen-bond acceptors (Lipinski definition) is 5. The maximum Gasteiger partial charge on any atom is 0.318 e. The van der Waals surface area contributed by atoms with Crippen molar-refractivity contribution in [1.82, 2.24) is 5.32 Å². The fraction of sp³-hybridized carbons (Fsp3) is 0.316. The molecular weight excluding hydrogens is 409 g/mol. The molecule has 27 heavy (non-hydrogen) atoms. The highest BCUT2D eigenvalue weighted by Crippen LogP contribution is 2.39. The van der Waals surface area contributed by atoms with Crippen molar-refractivity contribution in [2.75, 3.05) is 13.2 Å². The first-order valence-corrected chi connectivity index (χ1v) is 10.1. The lowest BCUT2D eigenvalue weighted by Crippen LogP contribution is -2.21. The van der Waals surface area contributed by atoms with Crippen LogP contribution in [0.2, 0.25) is 10.0 Å². The Balaban J connectivity index is 1.73. The summed E-state index contributed by atoms with van der Waals surface area (Å²) in [6.07, 6.45) is 0. The van der Waals surface area contributed by atoms with Gasteiger partial charge in [-0.3, -0.25) is 10.1 Å². The number of rotatable bonds is 7. The Kier molecular flexibility index (Phi) is 6.76. The number of hydrogen-bond donors (Lipinski definition) is 2. The van der Waals surface area contributed by atoms with Gasteiger partial charge < -0.3 is 14.6 Å². The third kappa shape index (κ3) is 5.02. The van der Waals surface area contributed by atoms with Gasteiger partial charge in [-0.2, -0.15) is 0 Å². The molecule has 1 heterocycles. The fourth-order valence-corrected chi connectivity index (χ4v) is 4.14. The Bertz CT molecular complexity index is 833. The number of benzene rings is 2. The molecule has 144 valence electrons. The quantitative estimate of drug-likeness (QED) is 0.663. The first-order valence-electron chi connectivity index (χ1n) is 8.43. The highest BCUT2D eigenvalue weighted by atomic mass is 35.5. The monoisotopic (exact) mass is 427 g/mol. The molecule has 0 bridgehead atoms. The molecule has 5 nitrogen and oxygen atoms in total. The molecule has 0 radical (unpaired) electrons. The molecule has 1 aliphatic heterocycles. The highest BCUT2D eigenvalue weighted by molar-refractivity contribution is 8.01. The number of halogens is 2. The van der Waals surface area contributed by atoms with Crippen molar-refractivity contribution in [1.29, 1.82) is 0 Å². The van der Waals surface area contributed by atoms with Crippen LogP contribution in [0.1, 0.15) is 23.4 Å². The van der Waals surface area contributed by atoms with E-state index >= 15 is 0 Å². The second-order valence-corrected chi connectivity index (χ2v) is 8.05. The van der Waals surface area contributed by atoms with E-state index in [4.69, 9.17) is 37.8 Å². The molecule has 0 aromatic heterocycles. The molecule has 0 aliphatic carbocycles. The van der Waals surface area contributed by atoms with Crippen molar-refractivity contribution in [2.24, 2.45) is 0 Å². The third-order valence-electron chi connectivity index (χ3n) is 4.01. The fourth-order valence-electron chi connectivity index (χ4n) is 2.68. The number of ether oxygens (including phenoxy) is 2. The summed E-state index contributed by atoms with van der Waals surface area (Å²) >= 11 is 13.4. The summed E-state index contributed by atoms with van der Waals surface area (Å²) in [5, 5.41) is 12.8. The van der Waals surface area contributed by atoms with Crippen LogP contribution in [0, 0.1) is 0 Å². The van der Waals surface area contributed by atoms with E-state index in [1.807, 2.05) is 31.2 Å². The van der Waals surface area contributed by atoms with E-state index in [0.717, 1.165) is 11.1 Å². The molecule has 2 N–H and O–H groups in total. The van der Waals surface area contributed by atoms with Crippen molar-refractivity contribution in [2.45, 2.75) is 24.2 Å². The smallest absolute Gasteiger partial charge is 0.318 e. The van der Waals surface area contributed by atoms with Crippen molar-refractivity contribution in [3.05, 3.63) is 57.6 Å². The second kappa shape index (κ2) is 9.06. The van der Waals surface area contributed by atoms with E-state index in [1.165, 1.54) is 11.8 Å². The van der Waals surface area contributed by atoms with Crippen LogP contribution >= 0.6 is 35.0 Å². The van der Waals surface area contributed by atoms with E-state index < -0.39 is 11.2 Å². The van der Waals surface area contributed by atoms with Crippen LogP contribution in [0.15, 0.2) is 36.4 Å². The highest BCUT2D eigenvalue weighted by Gasteiger charge is 2.31. The number of aliphatic carboxylic acids is 1. The number of carbonyl (C=O) groups is 1. The Hall–Kier alpha value is -1.60. The Morgan fingerprint density at radius 1 is 1.19 bits per heavy atom. The second-order valence-electron chi connectivity index (χ2n) is 5.93. The predicted molar refractivity (Wildman–Crippen MR) is 108 cm³/mol. The third-order valence-corrected chi connectivity index (χ3v) is 6.16. The van der Waals surface area contributed by atoms with Gasteiger partial charge in [0.05, 0.1) is 22.0 Å². The number of carboxylic acid groups (broad SMARTS) is 1. The van der Waals surface area contributed by atoms with Gasteiger partial charge in [-0.25, -0.2) is 0 Å². The van der Waals surface area contributed by atoms with Crippen LogP contribution in [0.3, 0.4) is 0 Å². The van der Waals surface area contributed by atoms with Gasteiger partial charge in [-0.15, -0.1) is 11.8 Å². The van der Waals surface area contributed by atoms with Gasteiger partial charge in [0.15, 0.2) is 11.5 Å². The minimum absolute atomic E-state index is 0.0885. The van der Waals surface area contributed by atoms with Crippen LogP contribution in [0.4, 0.5) is 0 Å². The summed E-state index contributed by atoms with van der Waals surface area (Å²) in [6.45, 7) is 3.16. The lowest BCUT2D eigenvalue weighted by Gasteiger charge is -2.16. The molecule has 1 fully saturated rings. The normalized spacial score (nSPS) is 19.1. The molecule has 8 heteroatoms. The minimum Gasteiger partial charge on any atom is -0.490 e. The van der Waals surface area contributed by atoms with Crippen molar-refractivity contribution >= 4 is 40.9 Å². The maximum atomic E-state index is 11.1. The van der Waals surface area contributed by atoms with Gasteiger partial charge in [-0.1, -0.05) is 35.3 Å². The first kappa shape index (κ1) is 20.1. The van der Waals surface area contributed by atoms with Gasteiger partial charge in [0.2, 0.25) is 0 Å². The standard InChI is InChI=1S/C19H19Cl2NO4S/c1-2-25-16-8-12(18-22-9-17(27-18)19(23)24)4-6-15(16)26-10-11-3-5-13(20)14(21)7-11/h3-8,17-18,22H,2,9-10H2,1H3,(H,23,24)/t17-,18-/m0/s1. The molecule has 0 spiro atoms. The van der Waals surface area contributed by atoms with Gasteiger partial charge in [0.25, 0.3) is 0 Å². The average Bonchev–Trinajstić information content (AvgIpc) is 3.14. The number of carboxylic acids is 1. The Morgan fingerprint density at radius 3 is 2.67 bits per heavy atom. The van der Waals surface area contributed by atoms with Crippen LogP contribution < -0.4 is 14.8 Å². The molecule has 0 unspecified atom stereocenters. The van der Waals surface area contributed by atoms with Crippen LogP contribution in [-0.2, 0) is 11.4 Å². The summed E-state index contributed by atoms with van der Waals surface area (Å²) in [5.74, 6) is 0.433. The van der Waals surface area contributed by atoms with Gasteiger partial charge in [0, 0.05) is 6.54 Å². The molecule has 1 saturated heterocycles. The molecule has 0 saturated carbocycles. The summed E-state index contributed by atoms with van der Waals surface area (Å²) in [6, 6.07) is 11.0. The number of nitrogens with one attached hydrogen (secondary N) is 1. The van der Waals surface area contributed by atoms with Crippen LogP contribution in [0.5, 0.6) is 11.5 Å². The van der Waals surface area contributed by atoms with Gasteiger partial charge >= 0.3 is 5.97 Å². The SMILES string of the molecule is CCOc1cc([C@H]2NC[C@@H](C(=O)O)S2)ccc1OCc1ccc(Cl)c(Cl)c1. The summed E-state index contributed by atoms with van der Waals surface area (Å²) in [4.78, 5) is 11.1. The Labute approximate surface area is 171 Å². The van der Waals surface area contributed by atoms with Crippen molar-refractivity contribution in [3.63, 3.8) is 0 Å². The largest absolute Gasteiger partial charge is 0.490 e. The molecule has 3 rings (SSSR count). The molecular formula is C19H19Cl2NO4S. The molecule has 2 aromatic carbocycles. The van der Waals surface area contributed by atoms with Gasteiger partial charge in [-0.05, 0) is 42.3 Å². The van der Waals surface area contributed by atoms with E-state index in [0.29, 0.717) is 41.3 Å². The van der Waals surface area contributed by atoms with Crippen LogP contribution in [0.25, 0.3) is 0 Å². The van der Waals surface area contributed by atoms with E-state index in [9.17, 15) is 4.79 Å². The zero-order valence-corrected chi connectivity index (χ0v) is 16.9. The number of thioether (sulfide) groups is 1. The predicted octanol–water partition coefficient (Wildman–Crippen LogP) is 4.76. The average molecular weight is 428 g/mol. The van der Waals surface area contributed by atoms with Crippen LogP contribution in [-0.4, -0.2) is 29.5 Å². The minimum atomic E-state index is -0.804. The lowest BCUT2D eigenvalue weighted by atomic mass is 10.2. The van der Waals surface area contributed by atoms with E-state index in [2.05, 4.69) is 5.32 Å². The summed E-state index contributed by atoms with van der Waals surface area (Å²) in [7, 11) is 0. The first-order chi connectivity index (χ1) is 13.0. The van der Waals surface area contributed by atoms with Gasteiger partial charge in [0.1, 0.15) is 11.9 Å². The van der Waals surface area contributed by atoms with E-state index in [1.54, 1.807) is 12.1 Å². The topological polar surface area (TPSA) is 67.8 Å². The Morgan fingerprint density at radius 2 is 2.00 bits per heavy atom. The zero-order chi connectivity index (χ0) is 19.4. The molecule has 2 atom stereocenters. The molecule has 2 aromatic rings. The zero-order valence-electron chi connectivity index (χ0n) is 14.6. The van der Waals surface area contributed by atoms with Crippen molar-refractivity contribution in [3.8, 4) is 11.5 Å². The maximum absolute atomic E-state index is 11.1. The van der Waals surface area contributed by atoms with E-state index in [-0.39, 0.29) is 5.37 Å². The molecule has 0 amide bonds. The summed E-state index contributed by atoms with van der Waals surface area (Å²) < 4.78 is 11.6.